The number of carbonyl (C=O) groups excluding carboxylic acids is 1. The summed E-state index contributed by atoms with van der Waals surface area (Å²) in [5.41, 5.74) is 0.893. The van der Waals surface area contributed by atoms with Crippen molar-refractivity contribution in [2.24, 2.45) is 0 Å². The zero-order valence-electron chi connectivity index (χ0n) is 11.0. The molecule has 0 atom stereocenters. The Bertz CT molecular complexity index is 341. The van der Waals surface area contributed by atoms with Gasteiger partial charge >= 0.3 is 5.97 Å². The van der Waals surface area contributed by atoms with Crippen LogP contribution < -0.4 is 0 Å². The summed E-state index contributed by atoms with van der Waals surface area (Å²) in [6.45, 7) is 3.24. The monoisotopic (exact) mass is 518 g/mol. The van der Waals surface area contributed by atoms with E-state index in [0.717, 1.165) is 5.56 Å². The zero-order chi connectivity index (χ0) is 12.5. The van der Waals surface area contributed by atoms with Crippen LogP contribution in [0.15, 0.2) is 12.1 Å². The number of benzene rings is 1. The Morgan fingerprint density at radius 2 is 1.89 bits per heavy atom. The molecule has 0 aliphatic rings. The first-order valence-electron chi connectivity index (χ1n) is 5.57. The first kappa shape index (κ1) is 22.5. The summed E-state index contributed by atoms with van der Waals surface area (Å²) in [4.78, 5) is 11.3. The summed E-state index contributed by atoms with van der Waals surface area (Å²) in [6, 6.07) is 8.50. The zero-order valence-corrected chi connectivity index (χ0v) is 18.4. The average molecular weight is 518 g/mol. The first-order valence-corrected chi connectivity index (χ1v) is 5.57. The molecule has 0 saturated heterocycles. The minimum atomic E-state index is -0.252. The van der Waals surface area contributed by atoms with Gasteiger partial charge in [0.25, 0.3) is 0 Å². The van der Waals surface area contributed by atoms with Crippen LogP contribution in [0.5, 0.6) is 5.75 Å². The van der Waals surface area contributed by atoms with E-state index in [4.69, 9.17) is 14.6 Å². The third-order valence-corrected chi connectivity index (χ3v) is 2.10. The van der Waals surface area contributed by atoms with Crippen LogP contribution in [0.25, 0.3) is 0 Å². The second-order valence-corrected chi connectivity index (χ2v) is 3.42. The predicted molar refractivity (Wildman–Crippen MR) is 61.6 cm³/mol. The fourth-order valence-electron chi connectivity index (χ4n) is 1.23. The Morgan fingerprint density at radius 1 is 1.26 bits per heavy atom. The molecular formula is C13H16O4Pr2-2. The number of ether oxygens (including phenoxy) is 2. The van der Waals surface area contributed by atoms with Crippen LogP contribution in [0.4, 0.5) is 0 Å². The topological polar surface area (TPSA) is 55.8 Å². The number of phenolic OH excluding ortho intramolecular Hbond substituents is 1. The maximum absolute atomic E-state index is 11.3. The maximum Gasteiger partial charge on any atom is 0.304 e. The predicted octanol–water partition coefficient (Wildman–Crippen LogP) is 1.50. The molecule has 0 spiro atoms. The molecular weight excluding hydrogens is 502 g/mol. The van der Waals surface area contributed by atoms with Crippen LogP contribution in [-0.4, -0.2) is 30.9 Å². The van der Waals surface area contributed by atoms with Gasteiger partial charge in [-0.15, -0.1) is 12.2 Å². The quantitative estimate of drug-likeness (QED) is 0.338. The minimum absolute atomic E-state index is 0. The Kier molecular flexibility index (Phi) is 16.7. The first-order chi connectivity index (χ1) is 8.22. The van der Waals surface area contributed by atoms with E-state index >= 15 is 0 Å². The van der Waals surface area contributed by atoms with Crippen LogP contribution in [0.2, 0.25) is 0 Å². The summed E-state index contributed by atoms with van der Waals surface area (Å²) in [5, 5.41) is 8.98. The molecule has 19 heavy (non-hydrogen) atoms. The summed E-state index contributed by atoms with van der Waals surface area (Å²) in [5.74, 6) is -0.272. The van der Waals surface area contributed by atoms with E-state index in [0.29, 0.717) is 32.7 Å². The van der Waals surface area contributed by atoms with E-state index in [1.54, 1.807) is 12.1 Å². The molecule has 0 aromatic heterocycles. The smallest absolute Gasteiger partial charge is 0.304 e. The number of phenols is 1. The largest absolute Gasteiger partial charge is 0.559 e. The van der Waals surface area contributed by atoms with Crippen molar-refractivity contribution in [1.29, 1.82) is 0 Å². The number of esters is 1. The van der Waals surface area contributed by atoms with Crippen molar-refractivity contribution in [3.05, 3.63) is 29.8 Å². The molecule has 0 heterocycles. The van der Waals surface area contributed by atoms with Gasteiger partial charge in [-0.1, -0.05) is 0 Å². The van der Waals surface area contributed by atoms with Crippen molar-refractivity contribution in [2.45, 2.75) is 19.8 Å². The third kappa shape index (κ3) is 11.5. The van der Waals surface area contributed by atoms with E-state index in [1.165, 1.54) is 0 Å². The Balaban J connectivity index is 0. The van der Waals surface area contributed by atoms with Gasteiger partial charge in [-0.2, -0.15) is 0 Å². The molecule has 0 amide bonds. The van der Waals surface area contributed by atoms with Crippen LogP contribution in [0.1, 0.15) is 18.9 Å². The van der Waals surface area contributed by atoms with Crippen molar-refractivity contribution < 1.29 is 102 Å². The second-order valence-electron chi connectivity index (χ2n) is 3.42. The molecule has 6 heteroatoms. The fraction of sp³-hybridized carbons (Fsp3) is 0.462. The summed E-state index contributed by atoms with van der Waals surface area (Å²) >= 11 is 0. The third-order valence-electron chi connectivity index (χ3n) is 2.10. The van der Waals surface area contributed by atoms with E-state index in [1.807, 2.05) is 6.92 Å². The number of aryl methyl sites for hydroxylation is 1. The van der Waals surface area contributed by atoms with Crippen LogP contribution in [0.3, 0.4) is 0 Å². The van der Waals surface area contributed by atoms with Crippen LogP contribution >= 0.6 is 0 Å². The summed E-state index contributed by atoms with van der Waals surface area (Å²) in [7, 11) is 0. The SMILES string of the molecule is CCOCCOC(=O)CCc1c[c-]c(O)[c-]c1.[Pr].[Pr]. The number of hydrogen-bond donors (Lipinski definition) is 1. The Labute approximate surface area is 180 Å². The number of rotatable bonds is 7. The molecule has 0 aliphatic carbocycles. The van der Waals surface area contributed by atoms with Gasteiger partial charge in [0.1, 0.15) is 6.61 Å². The fourth-order valence-corrected chi connectivity index (χ4v) is 1.23. The van der Waals surface area contributed by atoms with Crippen molar-refractivity contribution in [3.63, 3.8) is 0 Å². The summed E-state index contributed by atoms with van der Waals surface area (Å²) < 4.78 is 10.0. The van der Waals surface area contributed by atoms with Crippen LogP contribution in [0, 0.1) is 94.7 Å². The Morgan fingerprint density at radius 3 is 2.47 bits per heavy atom. The molecule has 1 aromatic carbocycles. The molecule has 4 nitrogen and oxygen atoms in total. The number of carbonyl (C=O) groups is 1. The van der Waals surface area contributed by atoms with E-state index in [-0.39, 0.29) is 94.3 Å². The number of aromatic hydroxyl groups is 1. The molecule has 1 aromatic rings. The Hall–Kier alpha value is 1.18. The molecule has 0 aliphatic heterocycles. The number of hydrogen-bond acceptors (Lipinski definition) is 4. The second kappa shape index (κ2) is 14.1. The van der Waals surface area contributed by atoms with Gasteiger partial charge in [0.15, 0.2) is 0 Å². The van der Waals surface area contributed by atoms with E-state index < -0.39 is 0 Å². The standard InChI is InChI=1S/C13H16O4.2Pr/c1-2-16-9-10-17-13(15)8-5-11-3-6-12(14)7-4-11;;/h3-4,14H,2,5,8-10H2,1H3;;/q-2;;. The van der Waals surface area contributed by atoms with E-state index in [9.17, 15) is 4.79 Å². The maximum atomic E-state index is 11.3. The minimum Gasteiger partial charge on any atom is -0.559 e. The van der Waals surface area contributed by atoms with Crippen molar-refractivity contribution in [3.8, 4) is 5.75 Å². The van der Waals surface area contributed by atoms with Gasteiger partial charge in [-0.25, -0.2) is 0 Å². The molecule has 1 N–H and O–H groups in total. The van der Waals surface area contributed by atoms with Gasteiger partial charge in [0, 0.05) is 95.6 Å². The molecule has 0 unspecified atom stereocenters. The van der Waals surface area contributed by atoms with Crippen LogP contribution in [-0.2, 0) is 20.7 Å². The van der Waals surface area contributed by atoms with Crippen molar-refractivity contribution in [2.75, 3.05) is 19.8 Å². The molecule has 0 bridgehead atoms. The molecule has 0 fully saturated rings. The van der Waals surface area contributed by atoms with Gasteiger partial charge < -0.3 is 26.7 Å². The molecule has 100 valence electrons. The summed E-state index contributed by atoms with van der Waals surface area (Å²) in [6.07, 6.45) is 0.860. The molecule has 0 saturated carbocycles. The van der Waals surface area contributed by atoms with Gasteiger partial charge in [-0.3, -0.25) is 22.5 Å². The van der Waals surface area contributed by atoms with Gasteiger partial charge in [-0.05, 0) is 6.92 Å². The van der Waals surface area contributed by atoms with Crippen molar-refractivity contribution in [1.82, 2.24) is 0 Å². The normalized spacial score (nSPS) is 9.11. The van der Waals surface area contributed by atoms with Crippen molar-refractivity contribution >= 4 is 5.97 Å². The van der Waals surface area contributed by atoms with Gasteiger partial charge in [0.2, 0.25) is 0 Å². The van der Waals surface area contributed by atoms with Gasteiger partial charge in [0.05, 0.1) is 6.61 Å². The molecule has 1 rings (SSSR count). The average Bonchev–Trinajstić information content (AvgIpc) is 2.34. The van der Waals surface area contributed by atoms with E-state index in [2.05, 4.69) is 12.1 Å². The molecule has 2 radical (unpaired) electrons.